The second-order valence-electron chi connectivity index (χ2n) is 5.36. The van der Waals surface area contributed by atoms with Gasteiger partial charge in [-0.05, 0) is 30.3 Å². The zero-order valence-corrected chi connectivity index (χ0v) is 14.1. The maximum absolute atomic E-state index is 12.6. The number of aryl methyl sites for hydroxylation is 1. The first-order valence-corrected chi connectivity index (χ1v) is 7.53. The number of fused-ring (bicyclic) bond motifs is 1. The number of carbonyl (C=O) groups is 1. The van der Waals surface area contributed by atoms with Crippen molar-refractivity contribution in [2.75, 3.05) is 19.5 Å². The van der Waals surface area contributed by atoms with Crippen molar-refractivity contribution in [3.8, 4) is 11.5 Å². The normalized spacial score (nSPS) is 10.5. The second-order valence-corrected chi connectivity index (χ2v) is 5.36. The number of hydrogen-bond donors (Lipinski definition) is 1. The van der Waals surface area contributed by atoms with Gasteiger partial charge in [0.25, 0.3) is 11.5 Å². The molecule has 2 aromatic heterocycles. The number of nitrogens with zero attached hydrogens (tertiary/aromatic N) is 2. The molecule has 3 aromatic rings. The Bertz CT molecular complexity index is 1010. The third-order valence-corrected chi connectivity index (χ3v) is 3.86. The van der Waals surface area contributed by atoms with Crippen LogP contribution >= 0.6 is 0 Å². The van der Waals surface area contributed by atoms with Gasteiger partial charge in [0.05, 0.1) is 14.2 Å². The quantitative estimate of drug-likeness (QED) is 0.788. The molecule has 0 radical (unpaired) electrons. The monoisotopic (exact) mass is 339 g/mol. The Hall–Kier alpha value is -3.35. The maximum atomic E-state index is 12.6. The van der Waals surface area contributed by atoms with E-state index in [9.17, 15) is 9.59 Å². The highest BCUT2D eigenvalue weighted by Crippen LogP contribution is 2.29. The SMILES string of the molecule is COc1ccc(NC(=O)c2cc3cccnc3n(C)c2=O)cc1OC. The Morgan fingerprint density at radius 1 is 1.12 bits per heavy atom. The minimum atomic E-state index is -0.501. The van der Waals surface area contributed by atoms with E-state index in [4.69, 9.17) is 9.47 Å². The number of amides is 1. The van der Waals surface area contributed by atoms with E-state index in [-0.39, 0.29) is 5.56 Å². The van der Waals surface area contributed by atoms with Crippen molar-refractivity contribution in [2.45, 2.75) is 0 Å². The van der Waals surface area contributed by atoms with E-state index in [1.807, 2.05) is 0 Å². The molecule has 0 spiro atoms. The summed E-state index contributed by atoms with van der Waals surface area (Å²) in [4.78, 5) is 29.2. The van der Waals surface area contributed by atoms with Crippen LogP contribution in [-0.4, -0.2) is 29.7 Å². The molecule has 0 saturated heterocycles. The van der Waals surface area contributed by atoms with Crippen LogP contribution < -0.4 is 20.3 Å². The lowest BCUT2D eigenvalue weighted by Gasteiger charge is -2.11. The molecule has 1 aromatic carbocycles. The van der Waals surface area contributed by atoms with Crippen molar-refractivity contribution < 1.29 is 14.3 Å². The first-order valence-electron chi connectivity index (χ1n) is 7.53. The highest BCUT2D eigenvalue weighted by Gasteiger charge is 2.15. The summed E-state index contributed by atoms with van der Waals surface area (Å²) < 4.78 is 11.7. The molecule has 0 saturated carbocycles. The number of pyridine rings is 2. The number of ether oxygens (including phenoxy) is 2. The van der Waals surface area contributed by atoms with E-state index in [0.29, 0.717) is 28.2 Å². The summed E-state index contributed by atoms with van der Waals surface area (Å²) in [5.41, 5.74) is 0.646. The third-order valence-electron chi connectivity index (χ3n) is 3.86. The average Bonchev–Trinajstić information content (AvgIpc) is 2.64. The fraction of sp³-hybridized carbons (Fsp3) is 0.167. The summed E-state index contributed by atoms with van der Waals surface area (Å²) >= 11 is 0. The van der Waals surface area contributed by atoms with Crippen molar-refractivity contribution in [2.24, 2.45) is 7.05 Å². The molecule has 25 heavy (non-hydrogen) atoms. The van der Waals surface area contributed by atoms with Gasteiger partial charge in [0.15, 0.2) is 11.5 Å². The summed E-state index contributed by atoms with van der Waals surface area (Å²) in [5, 5.41) is 3.42. The van der Waals surface area contributed by atoms with Crippen LogP contribution in [0.4, 0.5) is 5.69 Å². The van der Waals surface area contributed by atoms with Gasteiger partial charge in [-0.3, -0.25) is 14.2 Å². The topological polar surface area (TPSA) is 82.5 Å². The van der Waals surface area contributed by atoms with Gasteiger partial charge in [-0.15, -0.1) is 0 Å². The van der Waals surface area contributed by atoms with Crippen LogP contribution in [0.2, 0.25) is 0 Å². The molecule has 128 valence electrons. The van der Waals surface area contributed by atoms with E-state index < -0.39 is 11.5 Å². The average molecular weight is 339 g/mol. The molecule has 1 amide bonds. The number of nitrogens with one attached hydrogen (secondary N) is 1. The molecule has 0 aliphatic carbocycles. The summed E-state index contributed by atoms with van der Waals surface area (Å²) in [5.74, 6) is 0.530. The number of hydrogen-bond acceptors (Lipinski definition) is 5. The Labute approximate surface area is 143 Å². The van der Waals surface area contributed by atoms with Crippen LogP contribution in [0.25, 0.3) is 11.0 Å². The van der Waals surface area contributed by atoms with Gasteiger partial charge in [0.2, 0.25) is 0 Å². The number of methoxy groups -OCH3 is 2. The number of aromatic nitrogens is 2. The zero-order valence-electron chi connectivity index (χ0n) is 14.1. The molecule has 1 N–H and O–H groups in total. The summed E-state index contributed by atoms with van der Waals surface area (Å²) in [6.45, 7) is 0. The van der Waals surface area contributed by atoms with Crippen molar-refractivity contribution in [3.05, 3.63) is 58.5 Å². The smallest absolute Gasteiger partial charge is 0.264 e. The molecule has 0 bridgehead atoms. The molecule has 3 rings (SSSR count). The molecule has 7 nitrogen and oxygen atoms in total. The molecule has 0 aliphatic rings. The first-order chi connectivity index (χ1) is 12.0. The Balaban J connectivity index is 1.98. The number of rotatable bonds is 4. The lowest BCUT2D eigenvalue weighted by molar-refractivity contribution is 0.102. The molecule has 2 heterocycles. The van der Waals surface area contributed by atoms with E-state index in [2.05, 4.69) is 10.3 Å². The predicted octanol–water partition coefficient (Wildman–Crippen LogP) is 2.20. The summed E-state index contributed by atoms with van der Waals surface area (Å²) in [7, 11) is 4.63. The minimum Gasteiger partial charge on any atom is -0.493 e. The Morgan fingerprint density at radius 2 is 1.88 bits per heavy atom. The predicted molar refractivity (Wildman–Crippen MR) is 94.5 cm³/mol. The molecular formula is C18H17N3O4. The standard InChI is InChI=1S/C18H17N3O4/c1-21-16-11(5-4-8-19-16)9-13(18(21)23)17(22)20-12-6-7-14(24-2)15(10-12)25-3/h4-10H,1-3H3,(H,20,22). The Kier molecular flexibility index (Phi) is 4.38. The van der Waals surface area contributed by atoms with Gasteiger partial charge in [-0.2, -0.15) is 0 Å². The molecule has 0 atom stereocenters. The first kappa shape index (κ1) is 16.5. The van der Waals surface area contributed by atoms with E-state index >= 15 is 0 Å². The number of anilines is 1. The largest absolute Gasteiger partial charge is 0.493 e. The van der Waals surface area contributed by atoms with E-state index in [0.717, 1.165) is 0 Å². The lowest BCUT2D eigenvalue weighted by atomic mass is 10.2. The van der Waals surface area contributed by atoms with Crippen LogP contribution in [0.3, 0.4) is 0 Å². The van der Waals surface area contributed by atoms with Crippen LogP contribution in [0.15, 0.2) is 47.4 Å². The summed E-state index contributed by atoms with van der Waals surface area (Å²) in [6.07, 6.45) is 1.60. The van der Waals surface area contributed by atoms with Crippen LogP contribution in [0.5, 0.6) is 11.5 Å². The second kappa shape index (κ2) is 6.64. The molecule has 0 fully saturated rings. The van der Waals surface area contributed by atoms with Gasteiger partial charge in [0.1, 0.15) is 11.2 Å². The van der Waals surface area contributed by atoms with Gasteiger partial charge >= 0.3 is 0 Å². The molecular weight excluding hydrogens is 322 g/mol. The van der Waals surface area contributed by atoms with Gasteiger partial charge < -0.3 is 14.8 Å². The fourth-order valence-corrected chi connectivity index (χ4v) is 2.57. The van der Waals surface area contributed by atoms with Crippen molar-refractivity contribution in [1.82, 2.24) is 9.55 Å². The fourth-order valence-electron chi connectivity index (χ4n) is 2.57. The number of benzene rings is 1. The van der Waals surface area contributed by atoms with E-state index in [1.54, 1.807) is 49.6 Å². The zero-order chi connectivity index (χ0) is 18.0. The highest BCUT2D eigenvalue weighted by atomic mass is 16.5. The Morgan fingerprint density at radius 3 is 2.60 bits per heavy atom. The summed E-state index contributed by atoms with van der Waals surface area (Å²) in [6, 6.07) is 10.1. The maximum Gasteiger partial charge on any atom is 0.264 e. The molecule has 7 heteroatoms. The molecule has 0 aliphatic heterocycles. The van der Waals surface area contributed by atoms with Gasteiger partial charge in [-0.25, -0.2) is 4.98 Å². The van der Waals surface area contributed by atoms with E-state index in [1.165, 1.54) is 18.8 Å². The van der Waals surface area contributed by atoms with Crippen molar-refractivity contribution >= 4 is 22.6 Å². The van der Waals surface area contributed by atoms with Crippen LogP contribution in [0.1, 0.15) is 10.4 Å². The van der Waals surface area contributed by atoms with Gasteiger partial charge in [0, 0.05) is 30.4 Å². The lowest BCUT2D eigenvalue weighted by Crippen LogP contribution is -2.28. The molecule has 0 unspecified atom stereocenters. The number of carbonyl (C=O) groups excluding carboxylic acids is 1. The van der Waals surface area contributed by atoms with Gasteiger partial charge in [-0.1, -0.05) is 0 Å². The van der Waals surface area contributed by atoms with Crippen molar-refractivity contribution in [3.63, 3.8) is 0 Å². The van der Waals surface area contributed by atoms with Crippen LogP contribution in [-0.2, 0) is 7.05 Å². The third kappa shape index (κ3) is 3.03. The van der Waals surface area contributed by atoms with Crippen molar-refractivity contribution in [1.29, 1.82) is 0 Å². The minimum absolute atomic E-state index is 0.0396. The van der Waals surface area contributed by atoms with Crippen LogP contribution in [0, 0.1) is 0 Å². The highest BCUT2D eigenvalue weighted by molar-refractivity contribution is 6.05.